The SMILES string of the molecule is CCN1CCCC1CNC(N)=NCC1CC2C=CC1CC2. The van der Waals surface area contributed by atoms with Crippen LogP contribution >= 0.6 is 0 Å². The second kappa shape index (κ2) is 6.82. The Kier molecular flexibility index (Phi) is 4.84. The van der Waals surface area contributed by atoms with Gasteiger partial charge in [0.1, 0.15) is 0 Å². The fourth-order valence-electron chi connectivity index (χ4n) is 4.30. The van der Waals surface area contributed by atoms with E-state index in [1.54, 1.807) is 0 Å². The van der Waals surface area contributed by atoms with Gasteiger partial charge in [0.2, 0.25) is 0 Å². The molecule has 4 heteroatoms. The van der Waals surface area contributed by atoms with Crippen molar-refractivity contribution in [1.29, 1.82) is 0 Å². The third-order valence-electron chi connectivity index (χ3n) is 5.63. The highest BCUT2D eigenvalue weighted by atomic mass is 15.2. The summed E-state index contributed by atoms with van der Waals surface area (Å²) >= 11 is 0. The van der Waals surface area contributed by atoms with Gasteiger partial charge in [-0.25, -0.2) is 0 Å². The van der Waals surface area contributed by atoms with Crippen molar-refractivity contribution in [3.63, 3.8) is 0 Å². The molecule has 4 atom stereocenters. The summed E-state index contributed by atoms with van der Waals surface area (Å²) in [6.07, 6.45) is 11.5. The Morgan fingerprint density at radius 3 is 2.90 bits per heavy atom. The van der Waals surface area contributed by atoms with E-state index in [1.807, 2.05) is 0 Å². The fourth-order valence-corrected chi connectivity index (χ4v) is 4.30. The molecule has 2 fully saturated rings. The zero-order chi connectivity index (χ0) is 14.7. The number of likely N-dealkylation sites (tertiary alicyclic amines) is 1. The predicted molar refractivity (Wildman–Crippen MR) is 88.2 cm³/mol. The van der Waals surface area contributed by atoms with Gasteiger partial charge in [0.05, 0.1) is 0 Å². The van der Waals surface area contributed by atoms with Gasteiger partial charge in [0, 0.05) is 19.1 Å². The Morgan fingerprint density at radius 2 is 2.24 bits per heavy atom. The molecule has 0 aromatic carbocycles. The molecule has 3 N–H and O–H groups in total. The van der Waals surface area contributed by atoms with Gasteiger partial charge in [0.25, 0.3) is 0 Å². The lowest BCUT2D eigenvalue weighted by Gasteiger charge is -2.37. The first kappa shape index (κ1) is 14.9. The van der Waals surface area contributed by atoms with E-state index in [2.05, 4.69) is 34.3 Å². The predicted octanol–water partition coefficient (Wildman–Crippen LogP) is 1.98. The molecular formula is C17H30N4. The largest absolute Gasteiger partial charge is 0.370 e. The number of nitrogens with one attached hydrogen (secondary N) is 1. The lowest BCUT2D eigenvalue weighted by Crippen LogP contribution is -2.43. The molecule has 3 aliphatic carbocycles. The van der Waals surface area contributed by atoms with Crippen LogP contribution in [0, 0.1) is 17.8 Å². The van der Waals surface area contributed by atoms with E-state index in [4.69, 9.17) is 5.73 Å². The minimum Gasteiger partial charge on any atom is -0.370 e. The average molecular weight is 290 g/mol. The van der Waals surface area contributed by atoms with E-state index < -0.39 is 0 Å². The second-order valence-corrected chi connectivity index (χ2v) is 6.91. The van der Waals surface area contributed by atoms with E-state index in [-0.39, 0.29) is 0 Å². The molecule has 4 aliphatic rings. The third kappa shape index (κ3) is 3.60. The summed E-state index contributed by atoms with van der Waals surface area (Å²) in [5, 5.41) is 3.34. The van der Waals surface area contributed by atoms with Crippen molar-refractivity contribution in [2.24, 2.45) is 28.5 Å². The number of fused-ring (bicyclic) bond motifs is 2. The van der Waals surface area contributed by atoms with Gasteiger partial charge in [-0.2, -0.15) is 0 Å². The van der Waals surface area contributed by atoms with Gasteiger partial charge >= 0.3 is 0 Å². The average Bonchev–Trinajstić information content (AvgIpc) is 2.99. The number of likely N-dealkylation sites (N-methyl/N-ethyl adjacent to an activating group) is 1. The third-order valence-corrected chi connectivity index (χ3v) is 5.63. The molecule has 0 aromatic heterocycles. The molecule has 0 aromatic rings. The molecule has 1 aliphatic heterocycles. The molecule has 1 saturated carbocycles. The number of nitrogens with zero attached hydrogens (tertiary/aromatic N) is 2. The molecule has 1 heterocycles. The molecular weight excluding hydrogens is 260 g/mol. The van der Waals surface area contributed by atoms with Crippen molar-refractivity contribution in [3.8, 4) is 0 Å². The minimum absolute atomic E-state index is 0.636. The molecule has 21 heavy (non-hydrogen) atoms. The van der Waals surface area contributed by atoms with Crippen molar-refractivity contribution in [2.45, 2.75) is 45.1 Å². The molecule has 0 radical (unpaired) electrons. The second-order valence-electron chi connectivity index (χ2n) is 6.91. The van der Waals surface area contributed by atoms with E-state index in [1.165, 1.54) is 38.6 Å². The number of rotatable bonds is 5. The van der Waals surface area contributed by atoms with Crippen LogP contribution in [0.4, 0.5) is 0 Å². The molecule has 0 spiro atoms. The van der Waals surface area contributed by atoms with Crippen LogP contribution in [0.25, 0.3) is 0 Å². The Bertz CT molecular complexity index is 404. The maximum absolute atomic E-state index is 6.06. The van der Waals surface area contributed by atoms with Gasteiger partial charge < -0.3 is 11.1 Å². The summed E-state index contributed by atoms with van der Waals surface area (Å²) in [6.45, 7) is 6.45. The quantitative estimate of drug-likeness (QED) is 0.462. The first-order valence-corrected chi connectivity index (χ1v) is 8.72. The maximum Gasteiger partial charge on any atom is 0.188 e. The highest BCUT2D eigenvalue weighted by molar-refractivity contribution is 5.77. The number of hydrogen-bond donors (Lipinski definition) is 2. The van der Waals surface area contributed by atoms with Crippen LogP contribution in [0.3, 0.4) is 0 Å². The molecule has 0 amide bonds. The van der Waals surface area contributed by atoms with E-state index in [9.17, 15) is 0 Å². The molecule has 4 nitrogen and oxygen atoms in total. The van der Waals surface area contributed by atoms with Gasteiger partial charge in [-0.05, 0) is 62.9 Å². The number of allylic oxidation sites excluding steroid dienone is 2. The van der Waals surface area contributed by atoms with Gasteiger partial charge in [-0.1, -0.05) is 19.1 Å². The van der Waals surface area contributed by atoms with Crippen LogP contribution in [-0.2, 0) is 0 Å². The lowest BCUT2D eigenvalue weighted by atomic mass is 9.69. The number of aliphatic imine (C=N–C) groups is 1. The molecule has 118 valence electrons. The molecule has 4 rings (SSSR count). The van der Waals surface area contributed by atoms with Crippen LogP contribution < -0.4 is 11.1 Å². The minimum atomic E-state index is 0.636. The summed E-state index contributed by atoms with van der Waals surface area (Å²) in [5.41, 5.74) is 6.06. The van der Waals surface area contributed by atoms with Crippen LogP contribution in [-0.4, -0.2) is 43.1 Å². The molecule has 2 bridgehead atoms. The summed E-state index contributed by atoms with van der Waals surface area (Å²) in [4.78, 5) is 7.14. The Hall–Kier alpha value is -1.03. The van der Waals surface area contributed by atoms with Gasteiger partial charge in [0.15, 0.2) is 5.96 Å². The van der Waals surface area contributed by atoms with Crippen LogP contribution in [0.5, 0.6) is 0 Å². The Balaban J connectivity index is 1.43. The van der Waals surface area contributed by atoms with Crippen LogP contribution in [0.15, 0.2) is 17.1 Å². The summed E-state index contributed by atoms with van der Waals surface area (Å²) < 4.78 is 0. The first-order valence-electron chi connectivity index (χ1n) is 8.72. The number of nitrogens with two attached hydrogens (primary N) is 1. The van der Waals surface area contributed by atoms with Crippen molar-refractivity contribution in [1.82, 2.24) is 10.2 Å². The summed E-state index contributed by atoms with van der Waals surface area (Å²) in [7, 11) is 0. The van der Waals surface area contributed by atoms with Gasteiger partial charge in [-0.15, -0.1) is 0 Å². The number of guanidine groups is 1. The highest BCUT2D eigenvalue weighted by Gasteiger charge is 2.31. The summed E-state index contributed by atoms with van der Waals surface area (Å²) in [5.74, 6) is 2.91. The highest BCUT2D eigenvalue weighted by Crippen LogP contribution is 2.40. The smallest absolute Gasteiger partial charge is 0.188 e. The van der Waals surface area contributed by atoms with E-state index >= 15 is 0 Å². The van der Waals surface area contributed by atoms with Crippen molar-refractivity contribution in [2.75, 3.05) is 26.2 Å². The number of hydrogen-bond acceptors (Lipinski definition) is 2. The monoisotopic (exact) mass is 290 g/mol. The van der Waals surface area contributed by atoms with Crippen molar-refractivity contribution in [3.05, 3.63) is 12.2 Å². The fraction of sp³-hybridized carbons (Fsp3) is 0.824. The maximum atomic E-state index is 6.06. The zero-order valence-electron chi connectivity index (χ0n) is 13.3. The zero-order valence-corrected chi connectivity index (χ0v) is 13.3. The normalized spacial score (nSPS) is 36.3. The van der Waals surface area contributed by atoms with E-state index in [0.29, 0.717) is 17.9 Å². The lowest BCUT2D eigenvalue weighted by molar-refractivity contribution is 0.227. The molecule has 1 saturated heterocycles. The Labute approximate surface area is 128 Å². The Morgan fingerprint density at radius 1 is 1.33 bits per heavy atom. The molecule has 4 unspecified atom stereocenters. The van der Waals surface area contributed by atoms with Crippen LogP contribution in [0.2, 0.25) is 0 Å². The van der Waals surface area contributed by atoms with Gasteiger partial charge in [-0.3, -0.25) is 9.89 Å². The summed E-state index contributed by atoms with van der Waals surface area (Å²) in [6, 6.07) is 0.636. The van der Waals surface area contributed by atoms with Crippen LogP contribution in [0.1, 0.15) is 39.0 Å². The first-order chi connectivity index (χ1) is 10.3. The van der Waals surface area contributed by atoms with Crippen molar-refractivity contribution < 1.29 is 0 Å². The van der Waals surface area contributed by atoms with Crippen molar-refractivity contribution >= 4 is 5.96 Å². The topological polar surface area (TPSA) is 53.6 Å². The standard InChI is InChI=1S/C17H30N4/c1-2-21-9-3-4-16(21)12-20-17(18)19-11-15-10-13-5-7-14(15)8-6-13/h5,7,13-16H,2-4,6,8-12H2,1H3,(H3,18,19,20). The van der Waals surface area contributed by atoms with E-state index in [0.717, 1.165) is 31.5 Å².